The molecule has 1 aromatic rings. The van der Waals surface area contributed by atoms with Gasteiger partial charge in [0.15, 0.2) is 0 Å². The van der Waals surface area contributed by atoms with Crippen molar-refractivity contribution in [3.63, 3.8) is 0 Å². The highest BCUT2D eigenvalue weighted by atomic mass is 32.2. The Hall–Kier alpha value is -1.11. The Kier molecular flexibility index (Phi) is 4.70. The molecule has 2 aliphatic heterocycles. The molecule has 5 nitrogen and oxygen atoms in total. The molecule has 0 aliphatic carbocycles. The Morgan fingerprint density at radius 3 is 2.59 bits per heavy atom. The lowest BCUT2D eigenvalue weighted by molar-refractivity contribution is 0.0500. The van der Waals surface area contributed by atoms with Crippen LogP contribution in [-0.4, -0.2) is 41.8 Å². The standard InChI is InChI=1S/C16H24N2O3S/c1-17-22(19,20)16-5-3-2-4-15(16)18-9-6-14(12-18)13-7-10-21-11-8-13/h2-5,13-14,17H,6-12H2,1H3. The Balaban J connectivity index is 1.78. The van der Waals surface area contributed by atoms with Crippen molar-refractivity contribution in [1.82, 2.24) is 4.72 Å². The highest BCUT2D eigenvalue weighted by molar-refractivity contribution is 7.89. The summed E-state index contributed by atoms with van der Waals surface area (Å²) >= 11 is 0. The number of hydrogen-bond donors (Lipinski definition) is 1. The minimum Gasteiger partial charge on any atom is -0.381 e. The molecule has 2 saturated heterocycles. The first-order chi connectivity index (χ1) is 10.6. The van der Waals surface area contributed by atoms with E-state index in [1.165, 1.54) is 7.05 Å². The third-order valence-corrected chi connectivity index (χ3v) is 6.38. The molecule has 3 rings (SSSR count). The van der Waals surface area contributed by atoms with Crippen molar-refractivity contribution in [2.75, 3.05) is 38.3 Å². The summed E-state index contributed by atoms with van der Waals surface area (Å²) in [6.45, 7) is 3.61. The summed E-state index contributed by atoms with van der Waals surface area (Å²) in [5, 5.41) is 0. The van der Waals surface area contributed by atoms with Crippen molar-refractivity contribution in [1.29, 1.82) is 0 Å². The number of sulfonamides is 1. The Morgan fingerprint density at radius 1 is 1.14 bits per heavy atom. The van der Waals surface area contributed by atoms with Crippen molar-refractivity contribution >= 4 is 15.7 Å². The summed E-state index contributed by atoms with van der Waals surface area (Å²) in [6, 6.07) is 7.28. The predicted molar refractivity (Wildman–Crippen MR) is 86.6 cm³/mol. The van der Waals surface area contributed by atoms with Crippen molar-refractivity contribution in [2.45, 2.75) is 24.2 Å². The van der Waals surface area contributed by atoms with Gasteiger partial charge >= 0.3 is 0 Å². The average molecular weight is 324 g/mol. The fourth-order valence-corrected chi connectivity index (χ4v) is 4.58. The fraction of sp³-hybridized carbons (Fsp3) is 0.625. The van der Waals surface area contributed by atoms with Crippen LogP contribution in [0, 0.1) is 11.8 Å². The van der Waals surface area contributed by atoms with Gasteiger partial charge in [-0.2, -0.15) is 0 Å². The van der Waals surface area contributed by atoms with Gasteiger partial charge < -0.3 is 9.64 Å². The molecule has 22 heavy (non-hydrogen) atoms. The average Bonchev–Trinajstić information content (AvgIpc) is 3.05. The van der Waals surface area contributed by atoms with Crippen molar-refractivity contribution in [3.8, 4) is 0 Å². The zero-order valence-corrected chi connectivity index (χ0v) is 13.8. The van der Waals surface area contributed by atoms with Crippen LogP contribution in [0.1, 0.15) is 19.3 Å². The van der Waals surface area contributed by atoms with Crippen molar-refractivity contribution in [3.05, 3.63) is 24.3 Å². The molecule has 2 aliphatic rings. The molecule has 0 spiro atoms. The number of hydrogen-bond acceptors (Lipinski definition) is 4. The van der Waals surface area contributed by atoms with Crippen LogP contribution in [0.3, 0.4) is 0 Å². The van der Waals surface area contributed by atoms with Crippen LogP contribution in [0.5, 0.6) is 0 Å². The largest absolute Gasteiger partial charge is 0.381 e. The number of benzene rings is 1. The molecule has 2 heterocycles. The van der Waals surface area contributed by atoms with Gasteiger partial charge in [-0.1, -0.05) is 12.1 Å². The third-order valence-electron chi connectivity index (χ3n) is 4.92. The summed E-state index contributed by atoms with van der Waals surface area (Å²) < 4.78 is 32.3. The smallest absolute Gasteiger partial charge is 0.242 e. The molecule has 1 unspecified atom stereocenters. The molecule has 1 atom stereocenters. The molecule has 0 saturated carbocycles. The first-order valence-corrected chi connectivity index (χ1v) is 9.45. The van der Waals surface area contributed by atoms with E-state index in [2.05, 4.69) is 9.62 Å². The van der Waals surface area contributed by atoms with Gasteiger partial charge in [0.2, 0.25) is 10.0 Å². The highest BCUT2D eigenvalue weighted by Gasteiger charge is 2.32. The van der Waals surface area contributed by atoms with Gasteiger partial charge in [-0.25, -0.2) is 13.1 Å². The van der Waals surface area contributed by atoms with Crippen LogP contribution in [-0.2, 0) is 14.8 Å². The minimum atomic E-state index is -3.42. The molecular weight excluding hydrogens is 300 g/mol. The van der Waals surface area contributed by atoms with E-state index in [-0.39, 0.29) is 0 Å². The lowest BCUT2D eigenvalue weighted by Gasteiger charge is -2.28. The second kappa shape index (κ2) is 6.56. The zero-order chi connectivity index (χ0) is 15.6. The molecule has 0 amide bonds. The molecule has 122 valence electrons. The quantitative estimate of drug-likeness (QED) is 0.918. The van der Waals surface area contributed by atoms with Crippen molar-refractivity contribution in [2.24, 2.45) is 11.8 Å². The Bertz CT molecular complexity index is 612. The molecule has 0 bridgehead atoms. The van der Waals surface area contributed by atoms with Gasteiger partial charge in [-0.15, -0.1) is 0 Å². The number of nitrogens with one attached hydrogen (secondary N) is 1. The van der Waals surface area contributed by atoms with E-state index in [9.17, 15) is 8.42 Å². The Labute approximate surface area is 132 Å². The molecule has 0 aromatic heterocycles. The van der Waals surface area contributed by atoms with E-state index in [1.807, 2.05) is 12.1 Å². The van der Waals surface area contributed by atoms with Gasteiger partial charge in [0.1, 0.15) is 4.90 Å². The third kappa shape index (κ3) is 3.14. The molecule has 1 aromatic carbocycles. The van der Waals surface area contributed by atoms with E-state index < -0.39 is 10.0 Å². The Morgan fingerprint density at radius 2 is 1.86 bits per heavy atom. The molecule has 6 heteroatoms. The predicted octanol–water partition coefficient (Wildman–Crippen LogP) is 1.85. The summed E-state index contributed by atoms with van der Waals surface area (Å²) in [5.74, 6) is 1.36. The first kappa shape index (κ1) is 15.8. The lowest BCUT2D eigenvalue weighted by atomic mass is 9.85. The van der Waals surface area contributed by atoms with Gasteiger partial charge in [-0.05, 0) is 50.3 Å². The molecular formula is C16H24N2O3S. The number of nitrogens with zero attached hydrogens (tertiary/aromatic N) is 1. The normalized spacial score (nSPS) is 23.9. The van der Waals surface area contributed by atoms with E-state index >= 15 is 0 Å². The van der Waals surface area contributed by atoms with Gasteiger partial charge in [-0.3, -0.25) is 0 Å². The monoisotopic (exact) mass is 324 g/mol. The van der Waals surface area contributed by atoms with E-state index in [1.54, 1.807) is 12.1 Å². The second-order valence-electron chi connectivity index (χ2n) is 6.12. The van der Waals surface area contributed by atoms with E-state index in [0.717, 1.165) is 51.3 Å². The molecule has 0 radical (unpaired) electrons. The highest BCUT2D eigenvalue weighted by Crippen LogP contribution is 2.35. The number of para-hydroxylation sites is 1. The van der Waals surface area contributed by atoms with Crippen LogP contribution < -0.4 is 9.62 Å². The van der Waals surface area contributed by atoms with Gasteiger partial charge in [0.25, 0.3) is 0 Å². The maximum Gasteiger partial charge on any atom is 0.242 e. The van der Waals surface area contributed by atoms with Crippen LogP contribution in [0.2, 0.25) is 0 Å². The first-order valence-electron chi connectivity index (χ1n) is 7.97. The maximum atomic E-state index is 12.2. The second-order valence-corrected chi connectivity index (χ2v) is 7.97. The van der Waals surface area contributed by atoms with Crippen molar-refractivity contribution < 1.29 is 13.2 Å². The summed E-state index contributed by atoms with van der Waals surface area (Å²) in [6.07, 6.45) is 3.41. The topological polar surface area (TPSA) is 58.6 Å². The van der Waals surface area contributed by atoms with Crippen LogP contribution in [0.4, 0.5) is 5.69 Å². The maximum absolute atomic E-state index is 12.2. The SMILES string of the molecule is CNS(=O)(=O)c1ccccc1N1CCC(C2CCOCC2)C1. The number of rotatable bonds is 4. The van der Waals surface area contributed by atoms with E-state index in [4.69, 9.17) is 4.74 Å². The summed E-state index contributed by atoms with van der Waals surface area (Å²) in [5.41, 5.74) is 0.825. The fourth-order valence-electron chi connectivity index (χ4n) is 3.63. The zero-order valence-electron chi connectivity index (χ0n) is 13.0. The van der Waals surface area contributed by atoms with Gasteiger partial charge in [0.05, 0.1) is 5.69 Å². The van der Waals surface area contributed by atoms with Crippen LogP contribution >= 0.6 is 0 Å². The van der Waals surface area contributed by atoms with Crippen LogP contribution in [0.25, 0.3) is 0 Å². The minimum absolute atomic E-state index is 0.380. The number of anilines is 1. The lowest BCUT2D eigenvalue weighted by Crippen LogP contribution is -2.28. The summed E-state index contributed by atoms with van der Waals surface area (Å²) in [7, 11) is -1.96. The molecule has 1 N–H and O–H groups in total. The van der Waals surface area contributed by atoms with Crippen LogP contribution in [0.15, 0.2) is 29.2 Å². The number of ether oxygens (including phenoxy) is 1. The summed E-state index contributed by atoms with van der Waals surface area (Å²) in [4.78, 5) is 2.61. The van der Waals surface area contributed by atoms with E-state index in [0.29, 0.717) is 16.7 Å². The molecule has 2 fully saturated rings. The van der Waals surface area contributed by atoms with Gasteiger partial charge in [0, 0.05) is 26.3 Å².